The zero-order valence-electron chi connectivity index (χ0n) is 12.3. The van der Waals surface area contributed by atoms with Crippen molar-refractivity contribution in [3.8, 4) is 0 Å². The Kier molecular flexibility index (Phi) is 4.63. The third-order valence-corrected chi connectivity index (χ3v) is 3.76. The van der Waals surface area contributed by atoms with Gasteiger partial charge in [-0.3, -0.25) is 9.59 Å². The van der Waals surface area contributed by atoms with Crippen LogP contribution in [0.2, 0.25) is 0 Å². The van der Waals surface area contributed by atoms with Gasteiger partial charge in [-0.2, -0.15) is 0 Å². The third-order valence-electron chi connectivity index (χ3n) is 3.27. The van der Waals surface area contributed by atoms with Gasteiger partial charge >= 0.3 is 0 Å². The van der Waals surface area contributed by atoms with E-state index >= 15 is 0 Å². The van der Waals surface area contributed by atoms with Crippen molar-refractivity contribution in [1.82, 2.24) is 9.80 Å². The number of nitrogens with zero attached hydrogens (tertiary/aromatic N) is 2. The van der Waals surface area contributed by atoms with Crippen LogP contribution >= 0.6 is 15.9 Å². The molecule has 0 N–H and O–H groups in total. The fourth-order valence-corrected chi connectivity index (χ4v) is 2.36. The van der Waals surface area contributed by atoms with Gasteiger partial charge in [0.2, 0.25) is 5.91 Å². The number of halogens is 1. The lowest BCUT2D eigenvalue weighted by Crippen LogP contribution is -2.37. The predicted octanol–water partition coefficient (Wildman–Crippen LogP) is 2.76. The SMILES string of the molecule is CN(C)C(=O)CN(C)C(=O)c1ccc2cc(Br)ccc2c1. The van der Waals surface area contributed by atoms with Crippen molar-refractivity contribution in [2.24, 2.45) is 0 Å². The number of carbonyl (C=O) groups is 2. The number of benzene rings is 2. The molecule has 0 atom stereocenters. The summed E-state index contributed by atoms with van der Waals surface area (Å²) in [6.45, 7) is 0.0736. The van der Waals surface area contributed by atoms with Crippen LogP contribution in [-0.4, -0.2) is 49.3 Å². The molecule has 0 bridgehead atoms. The number of rotatable bonds is 3. The molecule has 0 aliphatic carbocycles. The fourth-order valence-electron chi connectivity index (χ4n) is 1.99. The first kappa shape index (κ1) is 15.5. The number of amides is 2. The minimum atomic E-state index is -0.157. The monoisotopic (exact) mass is 348 g/mol. The van der Waals surface area contributed by atoms with E-state index < -0.39 is 0 Å². The molecule has 0 saturated carbocycles. The molecule has 2 aromatic rings. The smallest absolute Gasteiger partial charge is 0.254 e. The van der Waals surface area contributed by atoms with E-state index in [4.69, 9.17) is 0 Å². The van der Waals surface area contributed by atoms with Crippen LogP contribution < -0.4 is 0 Å². The molecule has 0 spiro atoms. The Morgan fingerprint density at radius 1 is 1.00 bits per heavy atom. The van der Waals surface area contributed by atoms with Gasteiger partial charge < -0.3 is 9.80 Å². The number of carbonyl (C=O) groups excluding carboxylic acids is 2. The van der Waals surface area contributed by atoms with E-state index in [0.29, 0.717) is 5.56 Å². The van der Waals surface area contributed by atoms with Crippen molar-refractivity contribution in [2.45, 2.75) is 0 Å². The van der Waals surface area contributed by atoms with Crippen molar-refractivity contribution in [3.05, 3.63) is 46.4 Å². The molecular weight excluding hydrogens is 332 g/mol. The first-order valence-electron chi connectivity index (χ1n) is 6.53. The maximum Gasteiger partial charge on any atom is 0.254 e. The molecule has 0 saturated heterocycles. The number of likely N-dealkylation sites (N-methyl/N-ethyl adjacent to an activating group) is 2. The fraction of sp³-hybridized carbons (Fsp3) is 0.250. The number of fused-ring (bicyclic) bond motifs is 1. The highest BCUT2D eigenvalue weighted by atomic mass is 79.9. The number of hydrogen-bond acceptors (Lipinski definition) is 2. The molecule has 0 fully saturated rings. The summed E-state index contributed by atoms with van der Waals surface area (Å²) in [5, 5.41) is 2.06. The maximum atomic E-state index is 12.4. The molecular formula is C16H17BrN2O2. The van der Waals surface area contributed by atoms with Gasteiger partial charge in [-0.1, -0.05) is 28.1 Å². The third kappa shape index (κ3) is 3.61. The maximum absolute atomic E-state index is 12.4. The van der Waals surface area contributed by atoms with Gasteiger partial charge in [0.25, 0.3) is 5.91 Å². The van der Waals surface area contributed by atoms with Gasteiger partial charge in [0.15, 0.2) is 0 Å². The van der Waals surface area contributed by atoms with E-state index in [9.17, 15) is 9.59 Å². The van der Waals surface area contributed by atoms with Crippen molar-refractivity contribution in [1.29, 1.82) is 0 Å². The Morgan fingerprint density at radius 3 is 2.29 bits per heavy atom. The van der Waals surface area contributed by atoms with E-state index in [0.717, 1.165) is 15.2 Å². The predicted molar refractivity (Wildman–Crippen MR) is 87.3 cm³/mol. The van der Waals surface area contributed by atoms with Crippen LogP contribution in [0.3, 0.4) is 0 Å². The lowest BCUT2D eigenvalue weighted by Gasteiger charge is -2.19. The lowest BCUT2D eigenvalue weighted by atomic mass is 10.1. The summed E-state index contributed by atoms with van der Waals surface area (Å²) in [7, 11) is 4.98. The highest BCUT2D eigenvalue weighted by Gasteiger charge is 2.16. The average Bonchev–Trinajstić information content (AvgIpc) is 2.45. The molecule has 110 valence electrons. The molecule has 0 unspecified atom stereocenters. The largest absolute Gasteiger partial charge is 0.347 e. The van der Waals surface area contributed by atoms with Gasteiger partial charge in [-0.15, -0.1) is 0 Å². The Bertz CT molecular complexity index is 698. The van der Waals surface area contributed by atoms with E-state index in [1.807, 2.05) is 30.3 Å². The van der Waals surface area contributed by atoms with Crippen LogP contribution in [0.4, 0.5) is 0 Å². The molecule has 0 aliphatic heterocycles. The molecule has 0 radical (unpaired) electrons. The molecule has 21 heavy (non-hydrogen) atoms. The number of hydrogen-bond donors (Lipinski definition) is 0. The van der Waals surface area contributed by atoms with E-state index in [1.54, 1.807) is 27.2 Å². The minimum Gasteiger partial charge on any atom is -0.347 e. The molecule has 0 heterocycles. The highest BCUT2D eigenvalue weighted by molar-refractivity contribution is 9.10. The molecule has 2 rings (SSSR count). The van der Waals surface area contributed by atoms with Gasteiger partial charge in [0.05, 0.1) is 6.54 Å². The van der Waals surface area contributed by atoms with Crippen LogP contribution in [0.1, 0.15) is 10.4 Å². The Balaban J connectivity index is 2.23. The standard InChI is InChI=1S/C16H17BrN2O2/c1-18(2)15(20)10-19(3)16(21)13-5-4-12-9-14(17)7-6-11(12)8-13/h4-9H,10H2,1-3H3. The zero-order valence-corrected chi connectivity index (χ0v) is 13.8. The molecule has 0 aromatic heterocycles. The van der Waals surface area contributed by atoms with Gasteiger partial charge in [0, 0.05) is 31.2 Å². The quantitative estimate of drug-likeness (QED) is 0.855. The summed E-state index contributed by atoms with van der Waals surface area (Å²) in [5.41, 5.74) is 0.582. The van der Waals surface area contributed by atoms with Gasteiger partial charge in [-0.25, -0.2) is 0 Å². The summed E-state index contributed by atoms with van der Waals surface area (Å²) in [6.07, 6.45) is 0. The second-order valence-corrected chi connectivity index (χ2v) is 6.07. The first-order valence-corrected chi connectivity index (χ1v) is 7.32. The first-order chi connectivity index (χ1) is 9.88. The van der Waals surface area contributed by atoms with E-state index in [2.05, 4.69) is 15.9 Å². The summed E-state index contributed by atoms with van der Waals surface area (Å²) in [4.78, 5) is 26.9. The summed E-state index contributed by atoms with van der Waals surface area (Å²) >= 11 is 3.43. The topological polar surface area (TPSA) is 40.6 Å². The van der Waals surface area contributed by atoms with Crippen molar-refractivity contribution < 1.29 is 9.59 Å². The normalized spacial score (nSPS) is 10.5. The van der Waals surface area contributed by atoms with Crippen LogP contribution in [0.5, 0.6) is 0 Å². The van der Waals surface area contributed by atoms with Crippen LogP contribution in [0, 0.1) is 0 Å². The van der Waals surface area contributed by atoms with Gasteiger partial charge in [0.1, 0.15) is 0 Å². The molecule has 2 amide bonds. The minimum absolute atomic E-state index is 0.0736. The van der Waals surface area contributed by atoms with Gasteiger partial charge in [-0.05, 0) is 35.0 Å². The molecule has 4 nitrogen and oxygen atoms in total. The Morgan fingerprint density at radius 2 is 1.62 bits per heavy atom. The lowest BCUT2D eigenvalue weighted by molar-refractivity contribution is -0.129. The van der Waals surface area contributed by atoms with Crippen LogP contribution in [0.15, 0.2) is 40.9 Å². The molecule has 0 aliphatic rings. The molecule has 5 heteroatoms. The van der Waals surface area contributed by atoms with Crippen molar-refractivity contribution >= 4 is 38.5 Å². The average molecular weight is 349 g/mol. The van der Waals surface area contributed by atoms with E-state index in [-0.39, 0.29) is 18.4 Å². The zero-order chi connectivity index (χ0) is 15.6. The summed E-state index contributed by atoms with van der Waals surface area (Å²) in [5.74, 6) is -0.259. The Hall–Kier alpha value is -1.88. The molecule has 2 aromatic carbocycles. The highest BCUT2D eigenvalue weighted by Crippen LogP contribution is 2.21. The van der Waals surface area contributed by atoms with E-state index in [1.165, 1.54) is 9.80 Å². The second-order valence-electron chi connectivity index (χ2n) is 5.16. The van der Waals surface area contributed by atoms with Crippen LogP contribution in [-0.2, 0) is 4.79 Å². The Labute approximate surface area is 132 Å². The van der Waals surface area contributed by atoms with Crippen molar-refractivity contribution in [3.63, 3.8) is 0 Å². The summed E-state index contributed by atoms with van der Waals surface area (Å²) in [6, 6.07) is 11.4. The van der Waals surface area contributed by atoms with Crippen LogP contribution in [0.25, 0.3) is 10.8 Å². The summed E-state index contributed by atoms with van der Waals surface area (Å²) < 4.78 is 1.00. The second kappa shape index (κ2) is 6.26. The van der Waals surface area contributed by atoms with Crippen molar-refractivity contribution in [2.75, 3.05) is 27.7 Å².